The van der Waals surface area contributed by atoms with Crippen molar-refractivity contribution in [2.45, 2.75) is 26.3 Å². The molecule has 2 N–H and O–H groups in total. The van der Waals surface area contributed by atoms with Gasteiger partial charge in [-0.25, -0.2) is 4.98 Å². The van der Waals surface area contributed by atoms with Gasteiger partial charge >= 0.3 is 0 Å². The van der Waals surface area contributed by atoms with E-state index in [-0.39, 0.29) is 24.3 Å². The number of hydrogen-bond acceptors (Lipinski definition) is 7. The maximum Gasteiger partial charge on any atom is 0.260 e. The molecule has 2 amide bonds. The molecule has 3 rings (SSSR count). The zero-order chi connectivity index (χ0) is 23.8. The Kier molecular flexibility index (Phi) is 8.22. The summed E-state index contributed by atoms with van der Waals surface area (Å²) in [4.78, 5) is 34.7. The predicted octanol–water partition coefficient (Wildman–Crippen LogP) is 3.60. The Morgan fingerprint density at radius 1 is 1.30 bits per heavy atom. The number of anilines is 2. The van der Waals surface area contributed by atoms with Crippen molar-refractivity contribution >= 4 is 34.1 Å². The van der Waals surface area contributed by atoms with Crippen molar-refractivity contribution in [3.8, 4) is 6.07 Å². The van der Waals surface area contributed by atoms with Crippen LogP contribution in [0.15, 0.2) is 59.8 Å². The van der Waals surface area contributed by atoms with Crippen molar-refractivity contribution in [2.24, 2.45) is 5.92 Å². The Balaban J connectivity index is 1.95. The zero-order valence-corrected chi connectivity index (χ0v) is 19.8. The molecule has 8 nitrogen and oxygen atoms in total. The second-order valence-electron chi connectivity index (χ2n) is 8.11. The SMILES string of the molecule is CC(C)C[C@@H](C(=O)NCC#N)N(C(=O)c1ccccc1)c1csc(NC2=CCN(C)C=C2)n1. The molecule has 0 unspecified atom stereocenters. The van der Waals surface area contributed by atoms with E-state index in [0.717, 1.165) is 12.2 Å². The number of carbonyl (C=O) groups excluding carboxylic acids is 2. The van der Waals surface area contributed by atoms with Crippen LogP contribution >= 0.6 is 11.3 Å². The van der Waals surface area contributed by atoms with E-state index < -0.39 is 6.04 Å². The molecule has 1 aliphatic heterocycles. The summed E-state index contributed by atoms with van der Waals surface area (Å²) in [6.45, 7) is 4.64. The highest BCUT2D eigenvalue weighted by molar-refractivity contribution is 7.14. The van der Waals surface area contributed by atoms with Gasteiger partial charge in [-0.3, -0.25) is 14.5 Å². The first-order chi connectivity index (χ1) is 15.9. The number of carbonyl (C=O) groups is 2. The molecule has 9 heteroatoms. The molecule has 0 saturated heterocycles. The van der Waals surface area contributed by atoms with Crippen molar-refractivity contribution in [3.05, 3.63) is 65.3 Å². The van der Waals surface area contributed by atoms with Crippen LogP contribution in [0.3, 0.4) is 0 Å². The van der Waals surface area contributed by atoms with Gasteiger partial charge in [-0.15, -0.1) is 11.3 Å². The van der Waals surface area contributed by atoms with E-state index in [0.29, 0.717) is 22.9 Å². The molecule has 0 saturated carbocycles. The first kappa shape index (κ1) is 24.0. The average molecular weight is 465 g/mol. The highest BCUT2D eigenvalue weighted by Gasteiger charge is 2.34. The molecule has 172 valence electrons. The molecular weight excluding hydrogens is 436 g/mol. The number of nitrogens with zero attached hydrogens (tertiary/aromatic N) is 4. The number of rotatable bonds is 9. The number of nitrogens with one attached hydrogen (secondary N) is 2. The Morgan fingerprint density at radius 2 is 2.06 bits per heavy atom. The van der Waals surface area contributed by atoms with Gasteiger partial charge in [0, 0.05) is 36.4 Å². The standard InChI is InChI=1S/C24H28N6O2S/c1-17(2)15-20(22(31)26-12-11-25)30(23(32)18-7-5-4-6-8-18)21-16-33-24(28-21)27-19-9-13-29(3)14-10-19/h4-10,13,16-17,20H,12,14-15H2,1-3H3,(H,26,31)(H,27,28)/t20-/m0/s1. The topological polar surface area (TPSA) is 101 Å². The van der Waals surface area contributed by atoms with Crippen molar-refractivity contribution in [1.29, 1.82) is 5.26 Å². The molecule has 2 aromatic rings. The molecule has 1 aliphatic rings. The summed E-state index contributed by atoms with van der Waals surface area (Å²) in [5, 5.41) is 17.2. The predicted molar refractivity (Wildman–Crippen MR) is 131 cm³/mol. The molecule has 0 spiro atoms. The number of likely N-dealkylation sites (N-methyl/N-ethyl adjacent to an activating group) is 1. The maximum atomic E-state index is 13.6. The lowest BCUT2D eigenvalue weighted by molar-refractivity contribution is -0.122. The highest BCUT2D eigenvalue weighted by atomic mass is 32.1. The van der Waals surface area contributed by atoms with Crippen LogP contribution in [-0.2, 0) is 4.79 Å². The third-order valence-corrected chi connectivity index (χ3v) is 5.73. The molecule has 0 bridgehead atoms. The number of benzene rings is 1. The second-order valence-corrected chi connectivity index (χ2v) is 8.97. The van der Waals surface area contributed by atoms with Gasteiger partial charge in [0.15, 0.2) is 5.13 Å². The first-order valence-electron chi connectivity index (χ1n) is 10.7. The van der Waals surface area contributed by atoms with Crippen LogP contribution in [0, 0.1) is 17.2 Å². The molecule has 2 heterocycles. The fraction of sp³-hybridized carbons (Fsp3) is 0.333. The fourth-order valence-electron chi connectivity index (χ4n) is 3.37. The quantitative estimate of drug-likeness (QED) is 0.550. The minimum absolute atomic E-state index is 0.125. The lowest BCUT2D eigenvalue weighted by Crippen LogP contribution is -2.51. The van der Waals surface area contributed by atoms with Crippen LogP contribution in [0.5, 0.6) is 0 Å². The number of thiazole rings is 1. The van der Waals surface area contributed by atoms with Gasteiger partial charge in [0.1, 0.15) is 18.4 Å². The van der Waals surface area contributed by atoms with Crippen molar-refractivity contribution in [3.63, 3.8) is 0 Å². The molecule has 1 atom stereocenters. The van der Waals surface area contributed by atoms with Gasteiger partial charge < -0.3 is 15.5 Å². The van der Waals surface area contributed by atoms with Crippen molar-refractivity contribution in [1.82, 2.24) is 15.2 Å². The Bertz CT molecular complexity index is 1070. The molecule has 0 radical (unpaired) electrons. The minimum atomic E-state index is -0.802. The Labute approximate surface area is 198 Å². The molecule has 33 heavy (non-hydrogen) atoms. The van der Waals surface area contributed by atoms with Gasteiger partial charge in [0.25, 0.3) is 5.91 Å². The van der Waals surface area contributed by atoms with E-state index >= 15 is 0 Å². The molecule has 1 aromatic carbocycles. The van der Waals surface area contributed by atoms with E-state index in [1.54, 1.807) is 29.6 Å². The summed E-state index contributed by atoms with van der Waals surface area (Å²) in [5.41, 5.74) is 1.38. The van der Waals surface area contributed by atoms with Crippen molar-refractivity contribution < 1.29 is 9.59 Å². The number of aromatic nitrogens is 1. The van der Waals surface area contributed by atoms with Crippen LogP contribution in [-0.4, -0.2) is 47.9 Å². The molecule has 0 aliphatic carbocycles. The summed E-state index contributed by atoms with van der Waals surface area (Å²) < 4.78 is 0. The van der Waals surface area contributed by atoms with Crippen molar-refractivity contribution in [2.75, 3.05) is 30.4 Å². The van der Waals surface area contributed by atoms with Gasteiger partial charge in [-0.1, -0.05) is 32.0 Å². The van der Waals surface area contributed by atoms with Gasteiger partial charge in [0.05, 0.1) is 6.07 Å². The lowest BCUT2D eigenvalue weighted by Gasteiger charge is -2.30. The van der Waals surface area contributed by atoms with Crippen LogP contribution in [0.25, 0.3) is 0 Å². The van der Waals surface area contributed by atoms with Crippen LogP contribution in [0.2, 0.25) is 0 Å². The van der Waals surface area contributed by atoms with Gasteiger partial charge in [-0.2, -0.15) is 5.26 Å². The summed E-state index contributed by atoms with van der Waals surface area (Å²) in [6.07, 6.45) is 6.40. The summed E-state index contributed by atoms with van der Waals surface area (Å²) in [7, 11) is 1.99. The van der Waals surface area contributed by atoms with Crippen LogP contribution in [0.4, 0.5) is 10.9 Å². The molecule has 1 aromatic heterocycles. The number of nitriles is 1. The van der Waals surface area contributed by atoms with E-state index in [2.05, 4.69) is 20.5 Å². The first-order valence-corrected chi connectivity index (χ1v) is 11.6. The average Bonchev–Trinajstić information content (AvgIpc) is 3.26. The zero-order valence-electron chi connectivity index (χ0n) is 19.0. The number of allylic oxidation sites excluding steroid dienone is 1. The Hall–Kier alpha value is -3.64. The van der Waals surface area contributed by atoms with Gasteiger partial charge in [-0.05, 0) is 36.6 Å². The van der Waals surface area contributed by atoms with E-state index in [1.165, 1.54) is 16.2 Å². The smallest absolute Gasteiger partial charge is 0.260 e. The second kappa shape index (κ2) is 11.3. The number of amides is 2. The third-order valence-electron chi connectivity index (χ3n) is 4.99. The van der Waals surface area contributed by atoms with Crippen LogP contribution < -0.4 is 15.5 Å². The number of hydrogen-bond donors (Lipinski definition) is 2. The minimum Gasteiger partial charge on any atom is -0.377 e. The van der Waals surface area contributed by atoms with E-state index in [4.69, 9.17) is 5.26 Å². The maximum absolute atomic E-state index is 13.6. The molecule has 0 fully saturated rings. The highest BCUT2D eigenvalue weighted by Crippen LogP contribution is 2.29. The van der Waals surface area contributed by atoms with E-state index in [9.17, 15) is 9.59 Å². The Morgan fingerprint density at radius 3 is 2.70 bits per heavy atom. The van der Waals surface area contributed by atoms with E-state index in [1.807, 2.05) is 51.4 Å². The fourth-order valence-corrected chi connectivity index (χ4v) is 4.08. The summed E-state index contributed by atoms with van der Waals surface area (Å²) >= 11 is 1.36. The third kappa shape index (κ3) is 6.43. The largest absolute Gasteiger partial charge is 0.377 e. The van der Waals surface area contributed by atoms with Gasteiger partial charge in [0.2, 0.25) is 5.91 Å². The molecular formula is C24H28N6O2S. The monoisotopic (exact) mass is 464 g/mol. The summed E-state index contributed by atoms with van der Waals surface area (Å²) in [6, 6.07) is 9.96. The summed E-state index contributed by atoms with van der Waals surface area (Å²) in [5.74, 6) is -0.159. The lowest BCUT2D eigenvalue weighted by atomic mass is 10.0. The normalized spacial score (nSPS) is 13.8. The van der Waals surface area contributed by atoms with Crippen LogP contribution in [0.1, 0.15) is 30.6 Å².